The van der Waals surface area contributed by atoms with Crippen LogP contribution in [0.2, 0.25) is 0 Å². The molecule has 0 unspecified atom stereocenters. The van der Waals surface area contributed by atoms with Gasteiger partial charge in [-0.1, -0.05) is 6.07 Å². The molecule has 2 N–H and O–H groups in total. The van der Waals surface area contributed by atoms with Crippen molar-refractivity contribution in [3.63, 3.8) is 0 Å². The van der Waals surface area contributed by atoms with E-state index in [2.05, 4.69) is 20.9 Å². The van der Waals surface area contributed by atoms with Crippen LogP contribution in [0.1, 0.15) is 0 Å². The van der Waals surface area contributed by atoms with E-state index in [9.17, 15) is 18.9 Å². The number of halogens is 3. The van der Waals surface area contributed by atoms with Crippen LogP contribution in [0.25, 0.3) is 0 Å². The van der Waals surface area contributed by atoms with E-state index >= 15 is 0 Å². The van der Waals surface area contributed by atoms with E-state index in [4.69, 9.17) is 10.5 Å². The summed E-state index contributed by atoms with van der Waals surface area (Å²) >= 11 is 2.97. The molecule has 0 saturated carbocycles. The maximum absolute atomic E-state index is 13.5. The highest BCUT2D eigenvalue weighted by molar-refractivity contribution is 9.10. The van der Waals surface area contributed by atoms with Gasteiger partial charge < -0.3 is 10.5 Å². The number of pyridine rings is 1. The third kappa shape index (κ3) is 2.67. The van der Waals surface area contributed by atoms with Gasteiger partial charge in [-0.2, -0.15) is 4.98 Å². The Morgan fingerprint density at radius 3 is 2.70 bits per heavy atom. The van der Waals surface area contributed by atoms with E-state index in [-0.39, 0.29) is 15.9 Å². The van der Waals surface area contributed by atoms with Crippen molar-refractivity contribution in [2.24, 2.45) is 0 Å². The van der Waals surface area contributed by atoms with Crippen LogP contribution >= 0.6 is 15.9 Å². The molecular formula is C11H6BrF2N3O3. The summed E-state index contributed by atoms with van der Waals surface area (Å²) < 4.78 is 31.5. The molecule has 0 atom stereocenters. The zero-order chi connectivity index (χ0) is 14.9. The first-order valence-corrected chi connectivity index (χ1v) is 5.91. The van der Waals surface area contributed by atoms with Gasteiger partial charge in [0.1, 0.15) is 4.47 Å². The van der Waals surface area contributed by atoms with Gasteiger partial charge in [-0.05, 0) is 22.0 Å². The molecule has 6 nitrogen and oxygen atoms in total. The lowest BCUT2D eigenvalue weighted by Crippen LogP contribution is -2.01. The summed E-state index contributed by atoms with van der Waals surface area (Å²) in [6, 6.07) is 4.46. The van der Waals surface area contributed by atoms with Gasteiger partial charge in [0.25, 0.3) is 11.6 Å². The molecule has 2 rings (SSSR count). The number of hydrogen-bond acceptors (Lipinski definition) is 5. The van der Waals surface area contributed by atoms with Crippen molar-refractivity contribution in [2.45, 2.75) is 0 Å². The number of nitrogens with zero attached hydrogens (tertiary/aromatic N) is 2. The number of nitro benzene ring substituents is 1. The molecular weight excluding hydrogens is 340 g/mol. The first-order valence-electron chi connectivity index (χ1n) is 5.12. The number of anilines is 1. The van der Waals surface area contributed by atoms with Gasteiger partial charge in [0, 0.05) is 12.1 Å². The van der Waals surface area contributed by atoms with E-state index in [0.717, 1.165) is 0 Å². The van der Waals surface area contributed by atoms with Crippen LogP contribution in [-0.2, 0) is 0 Å². The van der Waals surface area contributed by atoms with Crippen molar-refractivity contribution in [1.29, 1.82) is 0 Å². The summed E-state index contributed by atoms with van der Waals surface area (Å²) in [4.78, 5) is 13.5. The lowest BCUT2D eigenvalue weighted by molar-refractivity contribution is -0.385. The van der Waals surface area contributed by atoms with Crippen LogP contribution in [-0.4, -0.2) is 9.91 Å². The molecule has 1 heterocycles. The minimum Gasteiger partial charge on any atom is -0.435 e. The lowest BCUT2D eigenvalue weighted by atomic mass is 10.3. The fraction of sp³-hybridized carbons (Fsp3) is 0. The van der Waals surface area contributed by atoms with Gasteiger partial charge in [-0.3, -0.25) is 10.1 Å². The number of rotatable bonds is 3. The topological polar surface area (TPSA) is 91.3 Å². The van der Waals surface area contributed by atoms with Crippen LogP contribution in [0, 0.1) is 21.7 Å². The molecule has 20 heavy (non-hydrogen) atoms. The van der Waals surface area contributed by atoms with Gasteiger partial charge in [-0.15, -0.1) is 0 Å². The summed E-state index contributed by atoms with van der Waals surface area (Å²) in [6.45, 7) is 0. The zero-order valence-electron chi connectivity index (χ0n) is 9.64. The van der Waals surface area contributed by atoms with Crippen LogP contribution in [0.4, 0.5) is 20.3 Å². The Hall–Kier alpha value is -2.29. The molecule has 2 aromatic rings. The summed E-state index contributed by atoms with van der Waals surface area (Å²) in [5.74, 6) is -3.26. The second-order valence-corrected chi connectivity index (χ2v) is 4.38. The van der Waals surface area contributed by atoms with E-state index in [1.54, 1.807) is 0 Å². The Labute approximate surface area is 119 Å². The van der Waals surface area contributed by atoms with Crippen LogP contribution < -0.4 is 10.5 Å². The Bertz CT molecular complexity index is 697. The number of nitro groups is 1. The quantitative estimate of drug-likeness (QED) is 0.679. The average molecular weight is 346 g/mol. The average Bonchev–Trinajstić information content (AvgIpc) is 2.37. The second-order valence-electron chi connectivity index (χ2n) is 3.59. The van der Waals surface area contributed by atoms with Crippen molar-refractivity contribution in [2.75, 3.05) is 5.73 Å². The van der Waals surface area contributed by atoms with Crippen LogP contribution in [0.15, 0.2) is 28.7 Å². The number of aromatic nitrogens is 1. The van der Waals surface area contributed by atoms with Gasteiger partial charge in [0.2, 0.25) is 0 Å². The lowest BCUT2D eigenvalue weighted by Gasteiger charge is -2.08. The standard InChI is InChI=1S/C11H6BrF2N3O3/c12-9-7(17(18)19)2-1-3-8(9)20-11-6(14)4-5(13)10(15)16-11/h1-4H,(H2,15,16). The summed E-state index contributed by atoms with van der Waals surface area (Å²) in [5, 5.41) is 10.8. The molecule has 0 radical (unpaired) electrons. The second kappa shape index (κ2) is 5.37. The van der Waals surface area contributed by atoms with Crippen molar-refractivity contribution in [1.82, 2.24) is 4.98 Å². The molecule has 104 valence electrons. The Balaban J connectivity index is 2.43. The smallest absolute Gasteiger partial charge is 0.287 e. The normalized spacial score (nSPS) is 10.3. The maximum Gasteiger partial charge on any atom is 0.287 e. The highest BCUT2D eigenvalue weighted by Crippen LogP contribution is 2.36. The molecule has 0 aliphatic rings. The molecule has 0 bridgehead atoms. The summed E-state index contributed by atoms with van der Waals surface area (Å²) in [7, 11) is 0. The third-order valence-electron chi connectivity index (χ3n) is 2.27. The monoisotopic (exact) mass is 345 g/mol. The molecule has 0 aliphatic heterocycles. The van der Waals surface area contributed by atoms with Crippen LogP contribution in [0.3, 0.4) is 0 Å². The minimum atomic E-state index is -1.07. The maximum atomic E-state index is 13.5. The number of nitrogens with two attached hydrogens (primary N) is 1. The number of ether oxygens (including phenoxy) is 1. The van der Waals surface area contributed by atoms with Gasteiger partial charge in [0.15, 0.2) is 23.2 Å². The van der Waals surface area contributed by atoms with Gasteiger partial charge in [-0.25, -0.2) is 8.78 Å². The van der Waals surface area contributed by atoms with Crippen molar-refractivity contribution < 1.29 is 18.4 Å². The Morgan fingerprint density at radius 1 is 1.35 bits per heavy atom. The fourth-order valence-corrected chi connectivity index (χ4v) is 1.85. The van der Waals surface area contributed by atoms with Crippen molar-refractivity contribution in [3.05, 3.63) is 50.5 Å². The largest absolute Gasteiger partial charge is 0.435 e. The molecule has 1 aromatic carbocycles. The molecule has 0 amide bonds. The summed E-state index contributed by atoms with van der Waals surface area (Å²) in [5.41, 5.74) is 4.94. The van der Waals surface area contributed by atoms with Gasteiger partial charge >= 0.3 is 0 Å². The van der Waals surface area contributed by atoms with E-state index in [1.165, 1.54) is 18.2 Å². The number of benzene rings is 1. The molecule has 1 aromatic heterocycles. The summed E-state index contributed by atoms with van der Waals surface area (Å²) in [6.07, 6.45) is 0. The van der Waals surface area contributed by atoms with Gasteiger partial charge in [0.05, 0.1) is 4.92 Å². The SMILES string of the molecule is Nc1nc(Oc2cccc([N+](=O)[O-])c2Br)c(F)cc1F. The van der Waals surface area contributed by atoms with E-state index in [0.29, 0.717) is 6.07 Å². The highest BCUT2D eigenvalue weighted by atomic mass is 79.9. The van der Waals surface area contributed by atoms with Crippen molar-refractivity contribution >= 4 is 27.4 Å². The molecule has 9 heteroatoms. The molecule has 0 aliphatic carbocycles. The fourth-order valence-electron chi connectivity index (χ4n) is 1.36. The van der Waals surface area contributed by atoms with Crippen molar-refractivity contribution in [3.8, 4) is 11.6 Å². The molecule has 0 saturated heterocycles. The predicted molar refractivity (Wildman–Crippen MR) is 69.4 cm³/mol. The zero-order valence-corrected chi connectivity index (χ0v) is 11.2. The first-order chi connectivity index (χ1) is 9.40. The number of hydrogen-bond donors (Lipinski definition) is 1. The Morgan fingerprint density at radius 2 is 2.05 bits per heavy atom. The van der Waals surface area contributed by atoms with Crippen LogP contribution in [0.5, 0.6) is 11.6 Å². The van der Waals surface area contributed by atoms with E-state index < -0.39 is 28.3 Å². The number of nitrogen functional groups attached to an aromatic ring is 1. The third-order valence-corrected chi connectivity index (χ3v) is 3.07. The first kappa shape index (κ1) is 14.1. The van der Waals surface area contributed by atoms with E-state index in [1.807, 2.05) is 0 Å². The molecule has 0 fully saturated rings. The molecule has 0 spiro atoms. The Kier molecular flexibility index (Phi) is 3.79. The predicted octanol–water partition coefficient (Wildman–Crippen LogP) is 3.41. The highest BCUT2D eigenvalue weighted by Gasteiger charge is 2.19. The minimum absolute atomic E-state index is 0.00842.